The average molecular weight is 458 g/mol. The number of thiocarbonyl (C=S) groups is 1. The van der Waals surface area contributed by atoms with Crippen molar-refractivity contribution in [2.75, 3.05) is 4.90 Å². The van der Waals surface area contributed by atoms with Crippen LogP contribution in [0.2, 0.25) is 0 Å². The van der Waals surface area contributed by atoms with Crippen LogP contribution in [-0.4, -0.2) is 10.1 Å². The highest BCUT2D eigenvalue weighted by molar-refractivity contribution is 7.80. The smallest absolute Gasteiger partial charge is 0.174 e. The van der Waals surface area contributed by atoms with Gasteiger partial charge in [-0.3, -0.25) is 4.98 Å². The van der Waals surface area contributed by atoms with Gasteiger partial charge in [-0.1, -0.05) is 23.8 Å². The summed E-state index contributed by atoms with van der Waals surface area (Å²) in [6, 6.07) is 26.5. The summed E-state index contributed by atoms with van der Waals surface area (Å²) in [6.07, 6.45) is 1.83. The zero-order valence-electron chi connectivity index (χ0n) is 17.9. The third-order valence-corrected chi connectivity index (χ3v) is 6.91. The molecule has 1 aliphatic rings. The van der Waals surface area contributed by atoms with Gasteiger partial charge in [0, 0.05) is 21.6 Å². The first kappa shape index (κ1) is 20.7. The van der Waals surface area contributed by atoms with Crippen molar-refractivity contribution in [2.24, 2.45) is 0 Å². The number of nitrogens with one attached hydrogen (secondary N) is 1. The van der Waals surface area contributed by atoms with E-state index in [9.17, 15) is 0 Å². The molecule has 1 saturated heterocycles. The largest absolute Gasteiger partial charge is 0.457 e. The summed E-state index contributed by atoms with van der Waals surface area (Å²) in [5, 5.41) is 4.20. The van der Waals surface area contributed by atoms with Gasteiger partial charge in [0.05, 0.1) is 17.8 Å². The molecule has 0 radical (unpaired) electrons. The Morgan fingerprint density at radius 1 is 0.906 bits per heavy atom. The molecule has 1 N–H and O–H groups in total. The number of rotatable bonds is 5. The highest BCUT2D eigenvalue weighted by Crippen LogP contribution is 2.43. The van der Waals surface area contributed by atoms with Crippen molar-refractivity contribution in [3.05, 3.63) is 106 Å². The maximum Gasteiger partial charge on any atom is 0.174 e. The van der Waals surface area contributed by atoms with Crippen LogP contribution in [0, 0.1) is 13.8 Å². The number of ether oxygens (including phenoxy) is 1. The van der Waals surface area contributed by atoms with E-state index in [1.165, 1.54) is 15.3 Å². The van der Waals surface area contributed by atoms with Crippen LogP contribution >= 0.6 is 23.6 Å². The fraction of sp³-hybridized carbons (Fsp3) is 0.154. The summed E-state index contributed by atoms with van der Waals surface area (Å²) < 4.78 is 6.01. The second-order valence-corrected chi connectivity index (χ2v) is 9.56. The van der Waals surface area contributed by atoms with E-state index in [-0.39, 0.29) is 12.1 Å². The van der Waals surface area contributed by atoms with E-state index in [2.05, 4.69) is 59.4 Å². The van der Waals surface area contributed by atoms with Crippen molar-refractivity contribution in [1.82, 2.24) is 10.3 Å². The van der Waals surface area contributed by atoms with Crippen LogP contribution in [0.15, 0.2) is 85.1 Å². The third kappa shape index (κ3) is 4.11. The van der Waals surface area contributed by atoms with Crippen LogP contribution in [-0.2, 0) is 0 Å². The molecule has 1 fully saturated rings. The Morgan fingerprint density at radius 2 is 1.62 bits per heavy atom. The van der Waals surface area contributed by atoms with Crippen molar-refractivity contribution in [2.45, 2.75) is 25.9 Å². The van der Waals surface area contributed by atoms with Crippen molar-refractivity contribution in [3.63, 3.8) is 0 Å². The molecular formula is C26H23N3OS2. The number of hydrogen-bond acceptors (Lipinski definition) is 4. The summed E-state index contributed by atoms with van der Waals surface area (Å²) in [5.41, 5.74) is 3.21. The lowest BCUT2D eigenvalue weighted by atomic mass is 10.0. The first-order valence-electron chi connectivity index (χ1n) is 10.5. The van der Waals surface area contributed by atoms with E-state index in [0.717, 1.165) is 22.9 Å². The molecule has 3 heterocycles. The summed E-state index contributed by atoms with van der Waals surface area (Å²) in [7, 11) is 0. The zero-order valence-corrected chi connectivity index (χ0v) is 19.5. The lowest BCUT2D eigenvalue weighted by Crippen LogP contribution is -2.28. The molecule has 0 unspecified atom stereocenters. The standard InChI is InChI=1S/C26H23N3OS2/c1-17-6-11-20(12-7-17)30-21-13-9-19(10-14-21)29-25(23-15-8-18(2)32-23)24(28-26(29)31)22-5-3-4-16-27-22/h3-16,24-25H,1-2H3,(H,28,31)/t24-,25-/m1/s1. The van der Waals surface area contributed by atoms with Crippen LogP contribution in [0.5, 0.6) is 11.5 Å². The highest BCUT2D eigenvalue weighted by Gasteiger charge is 2.41. The molecule has 1 aliphatic heterocycles. The van der Waals surface area contributed by atoms with E-state index in [4.69, 9.17) is 17.0 Å². The number of hydrogen-bond donors (Lipinski definition) is 1. The van der Waals surface area contributed by atoms with E-state index in [1.54, 1.807) is 11.3 Å². The molecule has 0 bridgehead atoms. The average Bonchev–Trinajstić information content (AvgIpc) is 3.39. The summed E-state index contributed by atoms with van der Waals surface area (Å²) in [5.74, 6) is 1.62. The lowest BCUT2D eigenvalue weighted by molar-refractivity contribution is 0.482. The van der Waals surface area contributed by atoms with Gasteiger partial charge in [-0.25, -0.2) is 0 Å². The first-order chi connectivity index (χ1) is 15.6. The molecule has 2 atom stereocenters. The highest BCUT2D eigenvalue weighted by atomic mass is 32.1. The lowest BCUT2D eigenvalue weighted by Gasteiger charge is -2.27. The van der Waals surface area contributed by atoms with Gasteiger partial charge >= 0.3 is 0 Å². The normalized spacial score (nSPS) is 17.9. The Morgan fingerprint density at radius 3 is 2.25 bits per heavy atom. The van der Waals surface area contributed by atoms with Gasteiger partial charge in [-0.15, -0.1) is 11.3 Å². The Balaban J connectivity index is 1.46. The van der Waals surface area contributed by atoms with Crippen molar-refractivity contribution < 1.29 is 4.74 Å². The van der Waals surface area contributed by atoms with Crippen molar-refractivity contribution in [3.8, 4) is 11.5 Å². The fourth-order valence-electron chi connectivity index (χ4n) is 3.95. The molecular weight excluding hydrogens is 434 g/mol. The summed E-state index contributed by atoms with van der Waals surface area (Å²) in [4.78, 5) is 9.33. The molecule has 0 aliphatic carbocycles. The van der Waals surface area contributed by atoms with Gasteiger partial charge in [0.2, 0.25) is 0 Å². The molecule has 2 aromatic heterocycles. The van der Waals surface area contributed by atoms with Gasteiger partial charge in [-0.2, -0.15) is 0 Å². The van der Waals surface area contributed by atoms with Crippen molar-refractivity contribution >= 4 is 34.4 Å². The van der Waals surface area contributed by atoms with E-state index in [0.29, 0.717) is 5.11 Å². The van der Waals surface area contributed by atoms with Crippen LogP contribution in [0.25, 0.3) is 0 Å². The summed E-state index contributed by atoms with van der Waals surface area (Å²) in [6.45, 7) is 4.20. The molecule has 160 valence electrons. The van der Waals surface area contributed by atoms with Gasteiger partial charge in [-0.05, 0) is 86.7 Å². The molecule has 0 spiro atoms. The van der Waals surface area contributed by atoms with Gasteiger partial charge in [0.25, 0.3) is 0 Å². The number of anilines is 1. The molecule has 5 rings (SSSR count). The van der Waals surface area contributed by atoms with Gasteiger partial charge in [0.15, 0.2) is 5.11 Å². The Kier molecular flexibility index (Phi) is 5.64. The monoisotopic (exact) mass is 457 g/mol. The predicted octanol–water partition coefficient (Wildman–Crippen LogP) is 6.73. The third-order valence-electron chi connectivity index (χ3n) is 5.52. The topological polar surface area (TPSA) is 37.4 Å². The number of benzene rings is 2. The van der Waals surface area contributed by atoms with Gasteiger partial charge < -0.3 is 15.0 Å². The molecule has 32 heavy (non-hydrogen) atoms. The molecule has 4 aromatic rings. The molecule has 0 amide bonds. The van der Waals surface area contributed by atoms with Crippen LogP contribution < -0.4 is 15.0 Å². The molecule has 4 nitrogen and oxygen atoms in total. The maximum atomic E-state index is 6.01. The second kappa shape index (κ2) is 8.73. The van der Waals surface area contributed by atoms with Crippen molar-refractivity contribution in [1.29, 1.82) is 0 Å². The van der Waals surface area contributed by atoms with Crippen LogP contribution in [0.3, 0.4) is 0 Å². The summed E-state index contributed by atoms with van der Waals surface area (Å²) >= 11 is 7.59. The molecule has 0 saturated carbocycles. The predicted molar refractivity (Wildman–Crippen MR) is 135 cm³/mol. The van der Waals surface area contributed by atoms with Gasteiger partial charge in [0.1, 0.15) is 11.5 Å². The minimum atomic E-state index is -0.0229. The Bertz CT molecular complexity index is 1220. The number of aromatic nitrogens is 1. The van der Waals surface area contributed by atoms with E-state index in [1.807, 2.05) is 54.7 Å². The number of aryl methyl sites for hydroxylation is 2. The molecule has 6 heteroatoms. The number of thiophene rings is 1. The molecule has 2 aromatic carbocycles. The quantitative estimate of drug-likeness (QED) is 0.336. The van der Waals surface area contributed by atoms with E-state index < -0.39 is 0 Å². The van der Waals surface area contributed by atoms with Crippen LogP contribution in [0.1, 0.15) is 33.1 Å². The van der Waals surface area contributed by atoms with E-state index >= 15 is 0 Å². The minimum absolute atomic E-state index is 0.0229. The minimum Gasteiger partial charge on any atom is -0.457 e. The number of pyridine rings is 1. The zero-order chi connectivity index (χ0) is 22.1. The second-order valence-electron chi connectivity index (χ2n) is 7.85. The Hall–Kier alpha value is -3.22. The number of nitrogens with zero attached hydrogens (tertiary/aromatic N) is 2. The fourth-order valence-corrected chi connectivity index (χ4v) is 5.30. The van der Waals surface area contributed by atoms with Crippen LogP contribution in [0.4, 0.5) is 5.69 Å². The SMILES string of the molecule is Cc1ccc(Oc2ccc(N3C(=S)N[C@H](c4ccccn4)[C@H]3c3ccc(C)s3)cc2)cc1. The maximum absolute atomic E-state index is 6.01. The Labute approximate surface area is 197 Å². The first-order valence-corrected chi connectivity index (χ1v) is 11.7.